The Morgan fingerprint density at radius 1 is 1.00 bits per heavy atom. The van der Waals surface area contributed by atoms with E-state index in [1.807, 2.05) is 80.6 Å². The molecule has 0 fully saturated rings. The van der Waals surface area contributed by atoms with Gasteiger partial charge in [0.15, 0.2) is 5.43 Å². The second kappa shape index (κ2) is 8.10. The third-order valence-electron chi connectivity index (χ3n) is 5.88. The predicted molar refractivity (Wildman–Crippen MR) is 128 cm³/mol. The molecule has 1 unspecified atom stereocenters. The molecule has 1 aliphatic rings. The zero-order chi connectivity index (χ0) is 23.1. The molecule has 0 aliphatic carbocycles. The van der Waals surface area contributed by atoms with E-state index in [2.05, 4.69) is 6.58 Å². The van der Waals surface area contributed by atoms with Crippen molar-refractivity contribution in [2.45, 2.75) is 19.9 Å². The maximum atomic E-state index is 13.7. The smallest absolute Gasteiger partial charge is 0.291 e. The Morgan fingerprint density at radius 2 is 1.76 bits per heavy atom. The Morgan fingerprint density at radius 3 is 2.52 bits per heavy atom. The van der Waals surface area contributed by atoms with E-state index in [-0.39, 0.29) is 23.6 Å². The first-order valence-corrected chi connectivity index (χ1v) is 10.8. The second-order valence-corrected chi connectivity index (χ2v) is 8.27. The molecule has 33 heavy (non-hydrogen) atoms. The fourth-order valence-electron chi connectivity index (χ4n) is 4.52. The molecule has 0 saturated carbocycles. The van der Waals surface area contributed by atoms with Crippen molar-refractivity contribution in [2.24, 2.45) is 0 Å². The van der Waals surface area contributed by atoms with Crippen LogP contribution in [-0.4, -0.2) is 17.4 Å². The van der Waals surface area contributed by atoms with Gasteiger partial charge >= 0.3 is 0 Å². The molecule has 0 radical (unpaired) electrons. The standard InChI is InChI=1S/C28H23NO4/c1-4-13-29-24(19-9-8-12-21(16-19)32-20-10-6-5-7-11-20)23-25(30)22-15-17(2)14-18(3)26(22)33-27(23)28(29)31/h4-12,14-16,24H,1,13H2,2-3H3. The number of hydrogen-bond donors (Lipinski definition) is 0. The minimum Gasteiger partial charge on any atom is -0.457 e. The van der Waals surface area contributed by atoms with E-state index in [0.717, 1.165) is 16.7 Å². The van der Waals surface area contributed by atoms with E-state index in [0.29, 0.717) is 28.0 Å². The first-order valence-electron chi connectivity index (χ1n) is 10.8. The Balaban J connectivity index is 1.69. The summed E-state index contributed by atoms with van der Waals surface area (Å²) in [7, 11) is 0. The van der Waals surface area contributed by atoms with Gasteiger partial charge in [0.1, 0.15) is 17.1 Å². The number of rotatable bonds is 5. The first kappa shape index (κ1) is 20.8. The number of para-hydroxylation sites is 1. The largest absolute Gasteiger partial charge is 0.457 e. The molecule has 0 N–H and O–H groups in total. The van der Waals surface area contributed by atoms with Gasteiger partial charge < -0.3 is 14.1 Å². The molecule has 3 aromatic carbocycles. The van der Waals surface area contributed by atoms with Gasteiger partial charge in [-0.05, 0) is 60.9 Å². The van der Waals surface area contributed by atoms with Crippen molar-refractivity contribution in [1.82, 2.24) is 4.90 Å². The quantitative estimate of drug-likeness (QED) is 0.363. The lowest BCUT2D eigenvalue weighted by Gasteiger charge is -2.24. The van der Waals surface area contributed by atoms with Gasteiger partial charge in [-0.3, -0.25) is 9.59 Å². The van der Waals surface area contributed by atoms with Gasteiger partial charge in [0.05, 0.1) is 17.0 Å². The number of carbonyl (C=O) groups excluding carboxylic acids is 1. The van der Waals surface area contributed by atoms with Gasteiger partial charge in [-0.2, -0.15) is 0 Å². The van der Waals surface area contributed by atoms with E-state index in [1.54, 1.807) is 11.0 Å². The van der Waals surface area contributed by atoms with E-state index in [4.69, 9.17) is 9.15 Å². The van der Waals surface area contributed by atoms with Crippen molar-refractivity contribution in [3.05, 3.63) is 118 Å². The van der Waals surface area contributed by atoms with Crippen LogP contribution < -0.4 is 10.2 Å². The highest BCUT2D eigenvalue weighted by Crippen LogP contribution is 2.39. The number of fused-ring (bicyclic) bond motifs is 2. The van der Waals surface area contributed by atoms with Crippen LogP contribution in [0.2, 0.25) is 0 Å². The molecular weight excluding hydrogens is 414 g/mol. The SMILES string of the molecule is C=CCN1C(=O)c2oc3c(C)cc(C)cc3c(=O)c2C1c1cccc(Oc2ccccc2)c1. The minimum absolute atomic E-state index is 0.0979. The molecule has 4 aromatic rings. The van der Waals surface area contributed by atoms with Crippen molar-refractivity contribution in [3.63, 3.8) is 0 Å². The maximum absolute atomic E-state index is 13.7. The summed E-state index contributed by atoms with van der Waals surface area (Å²) in [6, 6.07) is 20.1. The molecule has 1 aliphatic heterocycles. The summed E-state index contributed by atoms with van der Waals surface area (Å²) in [5.74, 6) is 1.11. The van der Waals surface area contributed by atoms with Crippen LogP contribution in [0.25, 0.3) is 11.0 Å². The average Bonchev–Trinajstić information content (AvgIpc) is 3.08. The van der Waals surface area contributed by atoms with Crippen LogP contribution in [-0.2, 0) is 0 Å². The third-order valence-corrected chi connectivity index (χ3v) is 5.88. The van der Waals surface area contributed by atoms with E-state index in [9.17, 15) is 9.59 Å². The number of ether oxygens (including phenoxy) is 1. The fraction of sp³-hybridized carbons (Fsp3) is 0.143. The van der Waals surface area contributed by atoms with Gasteiger partial charge in [0, 0.05) is 6.54 Å². The Labute approximate surface area is 191 Å². The maximum Gasteiger partial charge on any atom is 0.291 e. The number of amides is 1. The minimum atomic E-state index is -0.591. The fourth-order valence-corrected chi connectivity index (χ4v) is 4.52. The molecule has 5 heteroatoms. The molecule has 5 rings (SSSR count). The Bertz CT molecular complexity index is 1450. The van der Waals surface area contributed by atoms with Crippen molar-refractivity contribution >= 4 is 16.9 Å². The number of benzene rings is 3. The zero-order valence-electron chi connectivity index (χ0n) is 18.5. The topological polar surface area (TPSA) is 59.8 Å². The van der Waals surface area contributed by atoms with Crippen LogP contribution in [0.4, 0.5) is 0 Å². The summed E-state index contributed by atoms with van der Waals surface area (Å²) in [6.45, 7) is 7.90. The predicted octanol–water partition coefficient (Wildman–Crippen LogP) is 5.93. The molecule has 1 amide bonds. The number of carbonyl (C=O) groups is 1. The Hall–Kier alpha value is -4.12. The number of nitrogens with zero attached hydrogens (tertiary/aromatic N) is 1. The molecule has 164 valence electrons. The summed E-state index contributed by atoms with van der Waals surface area (Å²) < 4.78 is 12.1. The van der Waals surface area contributed by atoms with Gasteiger partial charge in [0.2, 0.25) is 5.76 Å². The number of hydrogen-bond acceptors (Lipinski definition) is 4. The molecule has 1 aromatic heterocycles. The summed E-state index contributed by atoms with van der Waals surface area (Å²) in [5, 5.41) is 0.487. The van der Waals surface area contributed by atoms with Crippen LogP contribution in [0.15, 0.2) is 88.6 Å². The summed E-state index contributed by atoms with van der Waals surface area (Å²) in [5.41, 5.74) is 3.20. The average molecular weight is 437 g/mol. The lowest BCUT2D eigenvalue weighted by atomic mass is 9.97. The lowest BCUT2D eigenvalue weighted by molar-refractivity contribution is 0.0748. The molecular formula is C28H23NO4. The van der Waals surface area contributed by atoms with Crippen molar-refractivity contribution < 1.29 is 13.9 Å². The summed E-state index contributed by atoms with van der Waals surface area (Å²) >= 11 is 0. The van der Waals surface area contributed by atoms with Crippen LogP contribution >= 0.6 is 0 Å². The van der Waals surface area contributed by atoms with Gasteiger partial charge in [-0.15, -0.1) is 6.58 Å². The molecule has 0 bridgehead atoms. The molecule has 2 heterocycles. The molecule has 1 atom stereocenters. The van der Waals surface area contributed by atoms with Crippen molar-refractivity contribution in [1.29, 1.82) is 0 Å². The lowest BCUT2D eigenvalue weighted by Crippen LogP contribution is -2.29. The van der Waals surface area contributed by atoms with Gasteiger partial charge in [0.25, 0.3) is 5.91 Å². The van der Waals surface area contributed by atoms with Gasteiger partial charge in [-0.1, -0.05) is 42.5 Å². The summed E-state index contributed by atoms with van der Waals surface area (Å²) in [6.07, 6.45) is 1.65. The van der Waals surface area contributed by atoms with Crippen molar-refractivity contribution in [3.8, 4) is 11.5 Å². The second-order valence-electron chi connectivity index (χ2n) is 8.27. The van der Waals surface area contributed by atoms with E-state index < -0.39 is 6.04 Å². The number of aryl methyl sites for hydroxylation is 2. The highest BCUT2D eigenvalue weighted by atomic mass is 16.5. The molecule has 0 saturated heterocycles. The van der Waals surface area contributed by atoms with E-state index >= 15 is 0 Å². The van der Waals surface area contributed by atoms with E-state index in [1.165, 1.54) is 0 Å². The zero-order valence-corrected chi connectivity index (χ0v) is 18.5. The first-order chi connectivity index (χ1) is 16.0. The van der Waals surface area contributed by atoms with Gasteiger partial charge in [-0.25, -0.2) is 0 Å². The molecule has 0 spiro atoms. The van der Waals surface area contributed by atoms with Crippen LogP contribution in [0.5, 0.6) is 11.5 Å². The van der Waals surface area contributed by atoms with Crippen LogP contribution in [0.1, 0.15) is 38.9 Å². The third kappa shape index (κ3) is 3.52. The van der Waals surface area contributed by atoms with Crippen LogP contribution in [0.3, 0.4) is 0 Å². The summed E-state index contributed by atoms with van der Waals surface area (Å²) in [4.78, 5) is 28.6. The highest BCUT2D eigenvalue weighted by molar-refractivity contribution is 5.99. The molecule has 5 nitrogen and oxygen atoms in total. The van der Waals surface area contributed by atoms with Crippen molar-refractivity contribution in [2.75, 3.05) is 6.54 Å². The normalized spacial score (nSPS) is 15.0. The Kier molecular flexibility index (Phi) is 5.09. The monoisotopic (exact) mass is 437 g/mol. The van der Waals surface area contributed by atoms with Crippen LogP contribution in [0, 0.1) is 13.8 Å². The highest BCUT2D eigenvalue weighted by Gasteiger charge is 2.42.